The van der Waals surface area contributed by atoms with Gasteiger partial charge in [-0.25, -0.2) is 0 Å². The second-order valence-corrected chi connectivity index (χ2v) is 5.57. The average molecular weight is 241 g/mol. The highest BCUT2D eigenvalue weighted by atomic mass is 16.2. The lowest BCUT2D eigenvalue weighted by Gasteiger charge is -2.31. The van der Waals surface area contributed by atoms with Crippen LogP contribution in [0.5, 0.6) is 0 Å². The fraction of sp³-hybridized carbons (Fsp3) is 0.923. The molecule has 0 aromatic carbocycles. The topological polar surface area (TPSA) is 49.6 Å². The van der Waals surface area contributed by atoms with E-state index in [0.29, 0.717) is 18.5 Å². The lowest BCUT2D eigenvalue weighted by Crippen LogP contribution is -2.47. The number of hydrogen-bond donors (Lipinski definition) is 1. The van der Waals surface area contributed by atoms with Crippen molar-refractivity contribution in [1.82, 2.24) is 9.80 Å². The fourth-order valence-electron chi connectivity index (χ4n) is 2.46. The van der Waals surface area contributed by atoms with Crippen LogP contribution in [0, 0.1) is 5.92 Å². The van der Waals surface area contributed by atoms with Crippen molar-refractivity contribution in [2.75, 3.05) is 26.7 Å². The van der Waals surface area contributed by atoms with Crippen molar-refractivity contribution in [3.63, 3.8) is 0 Å². The van der Waals surface area contributed by atoms with Gasteiger partial charge in [0.2, 0.25) is 5.91 Å². The van der Waals surface area contributed by atoms with Gasteiger partial charge in [0.05, 0.1) is 6.04 Å². The molecule has 1 fully saturated rings. The molecule has 2 unspecified atom stereocenters. The lowest BCUT2D eigenvalue weighted by molar-refractivity contribution is -0.135. The Hall–Kier alpha value is -0.610. The van der Waals surface area contributed by atoms with Gasteiger partial charge in [0.15, 0.2) is 0 Å². The Labute approximate surface area is 105 Å². The number of hydrogen-bond acceptors (Lipinski definition) is 3. The molecule has 1 saturated heterocycles. The normalized spacial score (nSPS) is 27.6. The van der Waals surface area contributed by atoms with Crippen LogP contribution in [0.25, 0.3) is 0 Å². The van der Waals surface area contributed by atoms with E-state index >= 15 is 0 Å². The van der Waals surface area contributed by atoms with Gasteiger partial charge in [-0.2, -0.15) is 0 Å². The zero-order valence-electron chi connectivity index (χ0n) is 11.6. The van der Waals surface area contributed by atoms with Crippen LogP contribution in [-0.2, 0) is 4.79 Å². The number of amides is 1. The first-order valence-corrected chi connectivity index (χ1v) is 6.68. The number of carbonyl (C=O) groups excluding carboxylic acids is 1. The van der Waals surface area contributed by atoms with Crippen LogP contribution in [0.15, 0.2) is 0 Å². The minimum Gasteiger partial charge on any atom is -0.342 e. The summed E-state index contributed by atoms with van der Waals surface area (Å²) in [5, 5.41) is 0. The van der Waals surface area contributed by atoms with E-state index < -0.39 is 0 Å². The Morgan fingerprint density at radius 2 is 2.12 bits per heavy atom. The molecule has 1 aliphatic heterocycles. The molecule has 4 heteroatoms. The zero-order valence-corrected chi connectivity index (χ0v) is 11.6. The first-order valence-electron chi connectivity index (χ1n) is 6.68. The SMILES string of the molecule is CC(C)CN1CCC(C)N(C)C(=O)C1CCN. The monoisotopic (exact) mass is 241 g/mol. The molecule has 4 nitrogen and oxygen atoms in total. The smallest absolute Gasteiger partial charge is 0.239 e. The summed E-state index contributed by atoms with van der Waals surface area (Å²) in [6, 6.07) is 0.317. The van der Waals surface area contributed by atoms with Gasteiger partial charge in [-0.15, -0.1) is 0 Å². The second-order valence-electron chi connectivity index (χ2n) is 5.57. The van der Waals surface area contributed by atoms with Crippen LogP contribution in [0.2, 0.25) is 0 Å². The van der Waals surface area contributed by atoms with Crippen LogP contribution in [-0.4, -0.2) is 54.5 Å². The molecule has 1 heterocycles. The molecule has 0 aliphatic carbocycles. The highest BCUT2D eigenvalue weighted by Gasteiger charge is 2.33. The summed E-state index contributed by atoms with van der Waals surface area (Å²) in [5.41, 5.74) is 5.65. The van der Waals surface area contributed by atoms with E-state index in [-0.39, 0.29) is 11.9 Å². The summed E-state index contributed by atoms with van der Waals surface area (Å²) in [4.78, 5) is 16.6. The summed E-state index contributed by atoms with van der Waals surface area (Å²) >= 11 is 0. The minimum atomic E-state index is -0.0163. The highest BCUT2D eigenvalue weighted by molar-refractivity contribution is 5.82. The van der Waals surface area contributed by atoms with Gasteiger partial charge in [0.25, 0.3) is 0 Å². The van der Waals surface area contributed by atoms with E-state index in [9.17, 15) is 4.79 Å². The quantitative estimate of drug-likeness (QED) is 0.796. The van der Waals surface area contributed by atoms with Crippen molar-refractivity contribution in [3.05, 3.63) is 0 Å². The Bertz CT molecular complexity index is 255. The number of nitrogens with two attached hydrogens (primary N) is 1. The van der Waals surface area contributed by atoms with E-state index in [4.69, 9.17) is 5.73 Å². The van der Waals surface area contributed by atoms with Crippen LogP contribution in [0.3, 0.4) is 0 Å². The predicted octanol–water partition coefficient (Wildman–Crippen LogP) is 0.912. The van der Waals surface area contributed by atoms with Crippen LogP contribution < -0.4 is 5.73 Å². The molecule has 2 atom stereocenters. The van der Waals surface area contributed by atoms with E-state index in [1.54, 1.807) is 0 Å². The molecule has 0 aromatic rings. The standard InChI is InChI=1S/C13H27N3O/c1-10(2)9-16-8-6-11(3)15(4)13(17)12(16)5-7-14/h10-12H,5-9,14H2,1-4H3. The largest absolute Gasteiger partial charge is 0.342 e. The maximum Gasteiger partial charge on any atom is 0.239 e. The fourth-order valence-corrected chi connectivity index (χ4v) is 2.46. The minimum absolute atomic E-state index is 0.0163. The molecular weight excluding hydrogens is 214 g/mol. The third-order valence-electron chi connectivity index (χ3n) is 3.61. The Morgan fingerprint density at radius 1 is 1.47 bits per heavy atom. The van der Waals surface area contributed by atoms with Gasteiger partial charge in [0.1, 0.15) is 0 Å². The molecule has 0 radical (unpaired) electrons. The number of carbonyl (C=O) groups is 1. The summed E-state index contributed by atoms with van der Waals surface area (Å²) < 4.78 is 0. The van der Waals surface area contributed by atoms with Gasteiger partial charge < -0.3 is 10.6 Å². The van der Waals surface area contributed by atoms with Crippen molar-refractivity contribution in [2.24, 2.45) is 11.7 Å². The van der Waals surface area contributed by atoms with Gasteiger partial charge in [-0.05, 0) is 32.2 Å². The first kappa shape index (κ1) is 14.5. The highest BCUT2D eigenvalue weighted by Crippen LogP contribution is 2.18. The van der Waals surface area contributed by atoms with Crippen LogP contribution in [0.1, 0.15) is 33.6 Å². The molecule has 1 amide bonds. The molecule has 17 heavy (non-hydrogen) atoms. The zero-order chi connectivity index (χ0) is 13.0. The maximum atomic E-state index is 12.4. The molecule has 0 aromatic heterocycles. The molecule has 0 bridgehead atoms. The lowest BCUT2D eigenvalue weighted by atomic mass is 10.1. The van der Waals surface area contributed by atoms with Gasteiger partial charge in [0, 0.05) is 26.2 Å². The second kappa shape index (κ2) is 6.36. The molecule has 0 spiro atoms. The maximum absolute atomic E-state index is 12.4. The molecule has 0 saturated carbocycles. The number of likely N-dealkylation sites (N-methyl/N-ethyl adjacent to an activating group) is 1. The van der Waals surface area contributed by atoms with E-state index in [1.165, 1.54) is 0 Å². The Kier molecular flexibility index (Phi) is 5.40. The van der Waals surface area contributed by atoms with Crippen LogP contribution >= 0.6 is 0 Å². The van der Waals surface area contributed by atoms with Crippen LogP contribution in [0.4, 0.5) is 0 Å². The van der Waals surface area contributed by atoms with Crippen molar-refractivity contribution < 1.29 is 4.79 Å². The van der Waals surface area contributed by atoms with E-state index in [1.807, 2.05) is 11.9 Å². The summed E-state index contributed by atoms with van der Waals surface area (Å²) in [5.74, 6) is 0.822. The van der Waals surface area contributed by atoms with Crippen molar-refractivity contribution in [3.8, 4) is 0 Å². The summed E-state index contributed by atoms with van der Waals surface area (Å²) in [6.45, 7) is 9.07. The Morgan fingerprint density at radius 3 is 2.65 bits per heavy atom. The average Bonchev–Trinajstić information content (AvgIpc) is 2.36. The molecule has 1 rings (SSSR count). The summed E-state index contributed by atoms with van der Waals surface area (Å²) in [6.07, 6.45) is 1.82. The van der Waals surface area contributed by atoms with Crippen molar-refractivity contribution in [2.45, 2.75) is 45.7 Å². The van der Waals surface area contributed by atoms with E-state index in [0.717, 1.165) is 25.9 Å². The van der Waals surface area contributed by atoms with Gasteiger partial charge in [-0.1, -0.05) is 13.8 Å². The van der Waals surface area contributed by atoms with Gasteiger partial charge in [-0.3, -0.25) is 9.69 Å². The summed E-state index contributed by atoms with van der Waals surface area (Å²) in [7, 11) is 1.91. The predicted molar refractivity (Wildman–Crippen MR) is 70.7 cm³/mol. The number of rotatable bonds is 4. The molecular formula is C13H27N3O. The first-order chi connectivity index (χ1) is 7.97. The van der Waals surface area contributed by atoms with E-state index in [2.05, 4.69) is 25.7 Å². The third-order valence-corrected chi connectivity index (χ3v) is 3.61. The Balaban J connectivity index is 2.82. The molecule has 100 valence electrons. The van der Waals surface area contributed by atoms with Gasteiger partial charge >= 0.3 is 0 Å². The number of nitrogens with zero attached hydrogens (tertiary/aromatic N) is 2. The van der Waals surface area contributed by atoms with Crippen molar-refractivity contribution in [1.29, 1.82) is 0 Å². The molecule has 1 aliphatic rings. The van der Waals surface area contributed by atoms with Crippen molar-refractivity contribution >= 4 is 5.91 Å². The molecule has 2 N–H and O–H groups in total. The third kappa shape index (κ3) is 3.68.